The Balaban J connectivity index is 1.69. The van der Waals surface area contributed by atoms with Crippen LogP contribution in [-0.4, -0.2) is 16.7 Å². The fourth-order valence-electron chi connectivity index (χ4n) is 6.13. The van der Waals surface area contributed by atoms with Gasteiger partial charge in [0, 0.05) is 11.8 Å². The fourth-order valence-corrected chi connectivity index (χ4v) is 6.13. The van der Waals surface area contributed by atoms with Crippen LogP contribution in [0.2, 0.25) is 0 Å². The Morgan fingerprint density at radius 1 is 1.21 bits per heavy atom. The van der Waals surface area contributed by atoms with Crippen LogP contribution in [0.4, 0.5) is 0 Å². The van der Waals surface area contributed by atoms with Gasteiger partial charge in [-0.05, 0) is 67.9 Å². The van der Waals surface area contributed by atoms with Gasteiger partial charge in [0.2, 0.25) is 0 Å². The summed E-state index contributed by atoms with van der Waals surface area (Å²) in [7, 11) is 0. The number of rotatable bonds is 1. The van der Waals surface area contributed by atoms with Crippen LogP contribution in [0.3, 0.4) is 0 Å². The number of hydrogen-bond donors (Lipinski definition) is 1. The molecule has 0 aromatic carbocycles. The van der Waals surface area contributed by atoms with Gasteiger partial charge in [-0.1, -0.05) is 42.3 Å². The second-order valence-electron chi connectivity index (χ2n) is 8.56. The largest absolute Gasteiger partial charge is 0.411 e. The standard InChI is InChI=1S/C21H27NO2/c1-13(22-24)17-6-7-18-16-5-4-14-12-15(23)8-10-20(14,2)19(16)9-11-21(17,18)3/h6-7,12,16,19,24H,4-5,8-11H2,1-3H3/b22-13-. The Hall–Kier alpha value is -1.64. The quantitative estimate of drug-likeness (QED) is 0.427. The zero-order valence-corrected chi connectivity index (χ0v) is 14.9. The van der Waals surface area contributed by atoms with Gasteiger partial charge >= 0.3 is 0 Å². The molecule has 3 nitrogen and oxygen atoms in total. The van der Waals surface area contributed by atoms with Gasteiger partial charge in [-0.2, -0.15) is 0 Å². The molecule has 0 bridgehead atoms. The molecular formula is C21H27NO2. The van der Waals surface area contributed by atoms with Crippen LogP contribution in [0.25, 0.3) is 0 Å². The second kappa shape index (κ2) is 5.18. The highest BCUT2D eigenvalue weighted by atomic mass is 16.4. The Morgan fingerprint density at radius 2 is 2.00 bits per heavy atom. The summed E-state index contributed by atoms with van der Waals surface area (Å²) in [6.45, 7) is 6.62. The molecule has 0 heterocycles. The minimum atomic E-state index is 0.0273. The maximum absolute atomic E-state index is 11.9. The molecule has 128 valence electrons. The summed E-state index contributed by atoms with van der Waals surface area (Å²) < 4.78 is 0. The van der Waals surface area contributed by atoms with E-state index >= 15 is 0 Å². The predicted octanol–water partition coefficient (Wildman–Crippen LogP) is 4.82. The molecule has 2 fully saturated rings. The molecule has 0 spiro atoms. The van der Waals surface area contributed by atoms with Crippen molar-refractivity contribution >= 4 is 11.5 Å². The van der Waals surface area contributed by atoms with Crippen molar-refractivity contribution in [1.29, 1.82) is 0 Å². The van der Waals surface area contributed by atoms with Crippen LogP contribution >= 0.6 is 0 Å². The molecule has 4 unspecified atom stereocenters. The number of carbonyl (C=O) groups is 1. The van der Waals surface area contributed by atoms with E-state index in [-0.39, 0.29) is 10.8 Å². The van der Waals surface area contributed by atoms with E-state index in [0.717, 1.165) is 31.4 Å². The monoisotopic (exact) mass is 325 g/mol. The molecule has 4 atom stereocenters. The molecule has 0 aromatic rings. The maximum atomic E-state index is 11.9. The van der Waals surface area contributed by atoms with Crippen molar-refractivity contribution in [3.63, 3.8) is 0 Å². The number of ketones is 1. The van der Waals surface area contributed by atoms with E-state index in [1.807, 2.05) is 13.0 Å². The SMILES string of the molecule is C/C(=N/O)C1=CC=C2C3CCC4=CC(=O)CCC4(C)C3CCC12C. The van der Waals surface area contributed by atoms with Crippen molar-refractivity contribution in [2.75, 3.05) is 0 Å². The molecule has 0 saturated heterocycles. The van der Waals surface area contributed by atoms with Gasteiger partial charge in [0.1, 0.15) is 0 Å². The molecule has 0 amide bonds. The van der Waals surface area contributed by atoms with Crippen molar-refractivity contribution in [2.24, 2.45) is 27.8 Å². The highest BCUT2D eigenvalue weighted by Crippen LogP contribution is 2.63. The van der Waals surface area contributed by atoms with E-state index in [1.54, 1.807) is 0 Å². The van der Waals surface area contributed by atoms with Crippen molar-refractivity contribution in [3.05, 3.63) is 34.9 Å². The minimum absolute atomic E-state index is 0.0273. The van der Waals surface area contributed by atoms with Crippen molar-refractivity contribution < 1.29 is 10.0 Å². The lowest BCUT2D eigenvalue weighted by molar-refractivity contribution is -0.116. The first-order valence-corrected chi connectivity index (χ1v) is 9.26. The van der Waals surface area contributed by atoms with Crippen LogP contribution in [0, 0.1) is 22.7 Å². The van der Waals surface area contributed by atoms with Gasteiger partial charge in [-0.25, -0.2) is 0 Å². The molecule has 0 aromatic heterocycles. The van der Waals surface area contributed by atoms with Gasteiger partial charge in [-0.15, -0.1) is 0 Å². The van der Waals surface area contributed by atoms with Crippen LogP contribution in [0.1, 0.15) is 59.3 Å². The molecular weight excluding hydrogens is 298 g/mol. The minimum Gasteiger partial charge on any atom is -0.411 e. The molecule has 1 N–H and O–H groups in total. The number of nitrogens with zero attached hydrogens (tertiary/aromatic N) is 1. The van der Waals surface area contributed by atoms with Gasteiger partial charge in [0.05, 0.1) is 5.71 Å². The Labute approximate surface area is 144 Å². The molecule has 3 heteroatoms. The maximum Gasteiger partial charge on any atom is 0.155 e. The first kappa shape index (κ1) is 15.9. The summed E-state index contributed by atoms with van der Waals surface area (Å²) in [5, 5.41) is 12.7. The van der Waals surface area contributed by atoms with E-state index in [2.05, 4.69) is 31.2 Å². The van der Waals surface area contributed by atoms with E-state index in [9.17, 15) is 10.0 Å². The normalized spacial score (nSPS) is 41.7. The Morgan fingerprint density at radius 3 is 2.75 bits per heavy atom. The highest BCUT2D eigenvalue weighted by Gasteiger charge is 2.54. The Bertz CT molecular complexity index is 726. The van der Waals surface area contributed by atoms with Gasteiger partial charge < -0.3 is 5.21 Å². The third kappa shape index (κ3) is 1.96. The highest BCUT2D eigenvalue weighted by molar-refractivity contribution is 6.00. The van der Waals surface area contributed by atoms with E-state index in [0.29, 0.717) is 24.0 Å². The molecule has 4 aliphatic rings. The molecule has 4 aliphatic carbocycles. The number of carbonyl (C=O) groups excluding carboxylic acids is 1. The summed E-state index contributed by atoms with van der Waals surface area (Å²) >= 11 is 0. The lowest BCUT2D eigenvalue weighted by atomic mass is 9.48. The Kier molecular flexibility index (Phi) is 3.42. The molecule has 24 heavy (non-hydrogen) atoms. The summed E-state index contributed by atoms with van der Waals surface area (Å²) in [4.78, 5) is 11.9. The zero-order valence-electron chi connectivity index (χ0n) is 14.9. The molecule has 0 radical (unpaired) electrons. The zero-order chi connectivity index (χ0) is 17.1. The lowest BCUT2D eigenvalue weighted by Gasteiger charge is -2.56. The first-order chi connectivity index (χ1) is 11.4. The smallest absolute Gasteiger partial charge is 0.155 e. The van der Waals surface area contributed by atoms with Crippen molar-refractivity contribution in [3.8, 4) is 0 Å². The average Bonchev–Trinajstić information content (AvgIpc) is 2.92. The summed E-state index contributed by atoms with van der Waals surface area (Å²) in [5.41, 5.74) is 5.09. The first-order valence-electron chi connectivity index (χ1n) is 9.26. The number of fused-ring (bicyclic) bond motifs is 5. The van der Waals surface area contributed by atoms with Gasteiger partial charge in [0.15, 0.2) is 5.78 Å². The van der Waals surface area contributed by atoms with Gasteiger partial charge in [0.25, 0.3) is 0 Å². The third-order valence-corrected chi connectivity index (χ3v) is 7.54. The summed E-state index contributed by atoms with van der Waals surface area (Å²) in [6, 6.07) is 0. The number of hydrogen-bond acceptors (Lipinski definition) is 3. The van der Waals surface area contributed by atoms with Crippen LogP contribution in [0.5, 0.6) is 0 Å². The van der Waals surface area contributed by atoms with Crippen molar-refractivity contribution in [1.82, 2.24) is 0 Å². The average molecular weight is 325 g/mol. The summed E-state index contributed by atoms with van der Waals surface area (Å²) in [6.07, 6.45) is 12.7. The summed E-state index contributed by atoms with van der Waals surface area (Å²) in [5.74, 6) is 1.56. The third-order valence-electron chi connectivity index (χ3n) is 7.54. The van der Waals surface area contributed by atoms with E-state index in [1.165, 1.54) is 23.1 Å². The van der Waals surface area contributed by atoms with Gasteiger partial charge in [-0.3, -0.25) is 4.79 Å². The fraction of sp³-hybridized carbons (Fsp3) is 0.619. The molecule has 2 saturated carbocycles. The van der Waals surface area contributed by atoms with Crippen LogP contribution in [0.15, 0.2) is 40.1 Å². The van der Waals surface area contributed by atoms with E-state index in [4.69, 9.17) is 0 Å². The lowest BCUT2D eigenvalue weighted by Crippen LogP contribution is -2.47. The number of oxime groups is 1. The van der Waals surface area contributed by atoms with E-state index < -0.39 is 0 Å². The topological polar surface area (TPSA) is 49.7 Å². The van der Waals surface area contributed by atoms with Crippen LogP contribution in [-0.2, 0) is 4.79 Å². The van der Waals surface area contributed by atoms with Crippen molar-refractivity contribution in [2.45, 2.75) is 59.3 Å². The second-order valence-corrected chi connectivity index (χ2v) is 8.56. The molecule has 4 rings (SSSR count). The number of allylic oxidation sites excluding steroid dienone is 6. The van der Waals surface area contributed by atoms with Crippen LogP contribution < -0.4 is 0 Å². The molecule has 0 aliphatic heterocycles. The predicted molar refractivity (Wildman–Crippen MR) is 95.0 cm³/mol.